The second-order valence-electron chi connectivity index (χ2n) is 4.57. The minimum Gasteiger partial charge on any atom is -0.467 e. The molecule has 17 heavy (non-hydrogen) atoms. The van der Waals surface area contributed by atoms with Gasteiger partial charge in [0.1, 0.15) is 6.10 Å². The van der Waals surface area contributed by atoms with Crippen molar-refractivity contribution in [3.63, 3.8) is 0 Å². The Morgan fingerprint density at radius 1 is 1.35 bits per heavy atom. The van der Waals surface area contributed by atoms with Crippen LogP contribution in [-0.2, 0) is 9.47 Å². The van der Waals surface area contributed by atoms with Crippen LogP contribution in [0.25, 0.3) is 0 Å². The summed E-state index contributed by atoms with van der Waals surface area (Å²) in [7, 11) is 0. The lowest BCUT2D eigenvalue weighted by atomic mass is 9.79. The van der Waals surface area contributed by atoms with Gasteiger partial charge in [-0.15, -0.1) is 0 Å². The van der Waals surface area contributed by atoms with Gasteiger partial charge in [-0.25, -0.2) is 0 Å². The van der Waals surface area contributed by atoms with Gasteiger partial charge in [-0.05, 0) is 18.1 Å². The van der Waals surface area contributed by atoms with Crippen molar-refractivity contribution in [1.29, 1.82) is 0 Å². The van der Waals surface area contributed by atoms with Crippen molar-refractivity contribution in [2.24, 2.45) is 5.92 Å². The van der Waals surface area contributed by atoms with Gasteiger partial charge >= 0.3 is 0 Å². The predicted octanol–water partition coefficient (Wildman–Crippen LogP) is 2.39. The number of rotatable bonds is 3. The van der Waals surface area contributed by atoms with E-state index < -0.39 is 11.9 Å². The monoisotopic (exact) mass is 232 g/mol. The number of benzene rings is 1. The van der Waals surface area contributed by atoms with E-state index in [-0.39, 0.29) is 12.0 Å². The fourth-order valence-corrected chi connectivity index (χ4v) is 2.64. The molecular formula is C14H16O3. The summed E-state index contributed by atoms with van der Waals surface area (Å²) in [6.45, 7) is 1.93. The second kappa shape index (κ2) is 3.86. The first kappa shape index (κ1) is 10.8. The first-order chi connectivity index (χ1) is 8.28. The van der Waals surface area contributed by atoms with E-state index in [2.05, 4.69) is 0 Å². The van der Waals surface area contributed by atoms with Crippen molar-refractivity contribution in [3.05, 3.63) is 48.2 Å². The Hall–Kier alpha value is -1.32. The first-order valence-corrected chi connectivity index (χ1v) is 6.03. The van der Waals surface area contributed by atoms with E-state index in [9.17, 15) is 5.11 Å². The third-order valence-corrected chi connectivity index (χ3v) is 3.62. The van der Waals surface area contributed by atoms with E-state index in [1.807, 2.05) is 43.3 Å². The van der Waals surface area contributed by atoms with E-state index in [1.165, 1.54) is 0 Å². The molecule has 1 unspecified atom stereocenters. The van der Waals surface area contributed by atoms with Gasteiger partial charge in [-0.1, -0.05) is 37.3 Å². The van der Waals surface area contributed by atoms with E-state index >= 15 is 0 Å². The van der Waals surface area contributed by atoms with Crippen LogP contribution in [0.4, 0.5) is 0 Å². The van der Waals surface area contributed by atoms with Crippen LogP contribution in [0.3, 0.4) is 0 Å². The molecule has 1 N–H and O–H groups in total. The van der Waals surface area contributed by atoms with Crippen molar-refractivity contribution < 1.29 is 14.6 Å². The van der Waals surface area contributed by atoms with Crippen LogP contribution in [0.15, 0.2) is 42.7 Å². The molecule has 0 aromatic heterocycles. The van der Waals surface area contributed by atoms with Crippen molar-refractivity contribution in [1.82, 2.24) is 0 Å². The van der Waals surface area contributed by atoms with Crippen LogP contribution >= 0.6 is 0 Å². The average molecular weight is 232 g/mol. The summed E-state index contributed by atoms with van der Waals surface area (Å²) < 4.78 is 11.3. The zero-order valence-corrected chi connectivity index (χ0v) is 9.74. The molecule has 0 bridgehead atoms. The summed E-state index contributed by atoms with van der Waals surface area (Å²) in [5.41, 5.74) is 1.13. The normalized spacial score (nSPS) is 35.9. The van der Waals surface area contributed by atoms with Gasteiger partial charge in [-0.3, -0.25) is 0 Å². The summed E-state index contributed by atoms with van der Waals surface area (Å²) in [5, 5.41) is 10.0. The number of fused-ring (bicyclic) bond motifs is 1. The summed E-state index contributed by atoms with van der Waals surface area (Å²) in [6.07, 6.45) is 3.67. The van der Waals surface area contributed by atoms with Gasteiger partial charge in [0.25, 0.3) is 0 Å². The van der Waals surface area contributed by atoms with Gasteiger partial charge in [0.05, 0.1) is 18.3 Å². The first-order valence-electron chi connectivity index (χ1n) is 6.03. The van der Waals surface area contributed by atoms with Gasteiger partial charge in [0.2, 0.25) is 5.79 Å². The second-order valence-corrected chi connectivity index (χ2v) is 4.57. The standard InChI is InChI=1S/C14H16O3/c1-2-12(15)14-11(8-9-16-14)13(17-14)10-6-4-3-5-7-10/h3-9,11-13,15H,2H2,1H3/t11-,12+,13?,14-/m0/s1. The fraction of sp³-hybridized carbons (Fsp3) is 0.429. The molecule has 3 nitrogen and oxygen atoms in total. The number of hydrogen-bond acceptors (Lipinski definition) is 3. The Kier molecular flexibility index (Phi) is 2.45. The molecule has 0 spiro atoms. The molecule has 0 radical (unpaired) electrons. The molecule has 1 aromatic carbocycles. The minimum atomic E-state index is -0.838. The third kappa shape index (κ3) is 1.43. The number of ether oxygens (including phenoxy) is 2. The maximum absolute atomic E-state index is 10.0. The van der Waals surface area contributed by atoms with Gasteiger partial charge in [-0.2, -0.15) is 0 Å². The maximum atomic E-state index is 10.0. The SMILES string of the molecule is CC[C@@H](O)[C@]12OC=C[C@H]1C(c1ccccc1)O2. The predicted molar refractivity (Wildman–Crippen MR) is 63.0 cm³/mol. The topological polar surface area (TPSA) is 38.7 Å². The Morgan fingerprint density at radius 2 is 2.12 bits per heavy atom. The summed E-state index contributed by atoms with van der Waals surface area (Å²) in [4.78, 5) is 0. The molecule has 3 heteroatoms. The molecular weight excluding hydrogens is 216 g/mol. The van der Waals surface area contributed by atoms with Crippen molar-refractivity contribution in [3.8, 4) is 0 Å². The lowest BCUT2D eigenvalue weighted by Crippen LogP contribution is -2.60. The molecule has 2 heterocycles. The molecule has 0 saturated carbocycles. The van der Waals surface area contributed by atoms with E-state index in [0.717, 1.165) is 5.56 Å². The van der Waals surface area contributed by atoms with Crippen molar-refractivity contribution >= 4 is 0 Å². The van der Waals surface area contributed by atoms with E-state index in [0.29, 0.717) is 6.42 Å². The van der Waals surface area contributed by atoms with Crippen molar-refractivity contribution in [2.75, 3.05) is 0 Å². The highest BCUT2D eigenvalue weighted by Crippen LogP contribution is 2.55. The Bertz CT molecular complexity index is 428. The zero-order chi connectivity index (χ0) is 11.9. The highest BCUT2D eigenvalue weighted by molar-refractivity contribution is 5.26. The Labute approximate surface area is 101 Å². The van der Waals surface area contributed by atoms with E-state index in [1.54, 1.807) is 6.26 Å². The highest BCUT2D eigenvalue weighted by atomic mass is 16.7. The Balaban J connectivity index is 1.84. The summed E-state index contributed by atoms with van der Waals surface area (Å²) >= 11 is 0. The molecule has 3 rings (SSSR count). The quantitative estimate of drug-likeness (QED) is 0.869. The number of aliphatic hydroxyl groups is 1. The van der Waals surface area contributed by atoms with Gasteiger partial charge < -0.3 is 14.6 Å². The maximum Gasteiger partial charge on any atom is 0.245 e. The average Bonchev–Trinajstić information content (AvgIpc) is 2.68. The van der Waals surface area contributed by atoms with Gasteiger partial charge in [0.15, 0.2) is 0 Å². The number of aliphatic hydroxyl groups excluding tert-OH is 1. The van der Waals surface area contributed by atoms with Crippen LogP contribution < -0.4 is 0 Å². The van der Waals surface area contributed by atoms with Crippen LogP contribution in [0.1, 0.15) is 25.0 Å². The largest absolute Gasteiger partial charge is 0.467 e. The molecule has 0 aliphatic carbocycles. The number of hydrogen-bond donors (Lipinski definition) is 1. The van der Waals surface area contributed by atoms with Crippen LogP contribution in [-0.4, -0.2) is 17.0 Å². The highest BCUT2D eigenvalue weighted by Gasteiger charge is 2.62. The molecule has 1 saturated heterocycles. The molecule has 4 atom stereocenters. The molecule has 2 aliphatic heterocycles. The lowest BCUT2D eigenvalue weighted by molar-refractivity contribution is -0.378. The molecule has 1 aromatic rings. The third-order valence-electron chi connectivity index (χ3n) is 3.62. The smallest absolute Gasteiger partial charge is 0.245 e. The van der Waals surface area contributed by atoms with Crippen molar-refractivity contribution in [2.45, 2.75) is 31.3 Å². The molecule has 90 valence electrons. The molecule has 1 fully saturated rings. The lowest BCUT2D eigenvalue weighted by Gasteiger charge is -2.51. The Morgan fingerprint density at radius 3 is 2.82 bits per heavy atom. The minimum absolute atomic E-state index is 0.00356. The van der Waals surface area contributed by atoms with Gasteiger partial charge in [0, 0.05) is 0 Å². The van der Waals surface area contributed by atoms with E-state index in [4.69, 9.17) is 9.47 Å². The molecule has 2 aliphatic rings. The van der Waals surface area contributed by atoms with Crippen LogP contribution in [0.2, 0.25) is 0 Å². The summed E-state index contributed by atoms with van der Waals surface area (Å²) in [6, 6.07) is 10.1. The van der Waals surface area contributed by atoms with Crippen LogP contribution in [0.5, 0.6) is 0 Å². The summed E-state index contributed by atoms with van der Waals surface area (Å²) in [5.74, 6) is -0.727. The zero-order valence-electron chi connectivity index (χ0n) is 9.74. The van der Waals surface area contributed by atoms with Crippen LogP contribution in [0, 0.1) is 5.92 Å². The fourth-order valence-electron chi connectivity index (χ4n) is 2.64. The molecule has 0 amide bonds.